The summed E-state index contributed by atoms with van der Waals surface area (Å²) >= 11 is 6.18. The van der Waals surface area contributed by atoms with E-state index in [0.717, 1.165) is 24.8 Å². The van der Waals surface area contributed by atoms with E-state index >= 15 is 0 Å². The molecule has 4 heterocycles. The van der Waals surface area contributed by atoms with Gasteiger partial charge in [-0.05, 0) is 70.7 Å². The minimum absolute atomic E-state index is 0.164. The molecule has 6 rings (SSSR count). The average Bonchev–Trinajstić information content (AvgIpc) is 3.41. The van der Waals surface area contributed by atoms with Crippen LogP contribution in [0.5, 0.6) is 0 Å². The Morgan fingerprint density at radius 3 is 2.58 bits per heavy atom. The Morgan fingerprint density at radius 2 is 1.84 bits per heavy atom. The molecule has 12 nitrogen and oxygen atoms in total. The van der Waals surface area contributed by atoms with Crippen molar-refractivity contribution >= 4 is 41.4 Å². The van der Waals surface area contributed by atoms with Gasteiger partial charge in [0, 0.05) is 48.0 Å². The number of nitrogens with zero attached hydrogens (tertiary/aromatic N) is 3. The maximum atomic E-state index is 14.3. The van der Waals surface area contributed by atoms with Crippen LogP contribution in [0.2, 0.25) is 5.02 Å². The molecule has 13 heteroatoms. The van der Waals surface area contributed by atoms with E-state index in [1.165, 1.54) is 4.90 Å². The van der Waals surface area contributed by atoms with Gasteiger partial charge in [-0.15, -0.1) is 0 Å². The van der Waals surface area contributed by atoms with Crippen LogP contribution < -0.4 is 10.6 Å². The number of aromatic nitrogens is 1. The van der Waals surface area contributed by atoms with Crippen molar-refractivity contribution < 1.29 is 33.8 Å². The van der Waals surface area contributed by atoms with E-state index in [1.807, 2.05) is 24.3 Å². The minimum Gasteiger partial charge on any atom is -0.479 e. The number of amides is 4. The fourth-order valence-corrected chi connectivity index (χ4v) is 7.70. The third-order valence-electron chi connectivity index (χ3n) is 10.1. The highest BCUT2D eigenvalue weighted by atomic mass is 35.5. The lowest BCUT2D eigenvalue weighted by Crippen LogP contribution is -2.58. The number of ether oxygens (including phenoxy) is 1. The number of allylic oxidation sites excluding steroid dienone is 1. The number of alkyl carbamates (subject to hydrolysis) is 1. The van der Waals surface area contributed by atoms with Crippen LogP contribution >= 0.6 is 11.6 Å². The molecule has 1 aliphatic carbocycles. The Kier molecular flexibility index (Phi) is 9.94. The van der Waals surface area contributed by atoms with Crippen LogP contribution in [0.15, 0.2) is 54.6 Å². The molecule has 3 fully saturated rings. The lowest BCUT2D eigenvalue weighted by atomic mass is 9.93. The van der Waals surface area contributed by atoms with E-state index in [-0.39, 0.29) is 49.5 Å². The zero-order chi connectivity index (χ0) is 35.8. The molecule has 3 aliphatic heterocycles. The maximum absolute atomic E-state index is 14.3. The Labute approximate surface area is 296 Å². The normalized spacial score (nSPS) is 29.0. The van der Waals surface area contributed by atoms with Crippen molar-refractivity contribution in [1.29, 1.82) is 0 Å². The number of aliphatic carboxylic acids is 1. The van der Waals surface area contributed by atoms with Gasteiger partial charge < -0.3 is 30.3 Å². The number of carbonyl (C=O) groups excluding carboxylic acids is 4. The zero-order valence-corrected chi connectivity index (χ0v) is 29.3. The van der Waals surface area contributed by atoms with Gasteiger partial charge in [0.05, 0.1) is 5.69 Å². The average molecular weight is 706 g/mol. The smallest absolute Gasteiger partial charge is 0.408 e. The highest BCUT2D eigenvalue weighted by Gasteiger charge is 2.62. The van der Waals surface area contributed by atoms with Crippen molar-refractivity contribution in [2.75, 3.05) is 19.6 Å². The first-order valence-electron chi connectivity index (χ1n) is 17.3. The second kappa shape index (κ2) is 14.0. The Bertz CT molecular complexity index is 1710. The van der Waals surface area contributed by atoms with E-state index in [0.29, 0.717) is 23.6 Å². The van der Waals surface area contributed by atoms with Gasteiger partial charge in [0.15, 0.2) is 0 Å². The van der Waals surface area contributed by atoms with Crippen LogP contribution in [0, 0.1) is 17.8 Å². The fraction of sp³-hybridized carbons (Fsp3) is 0.514. The van der Waals surface area contributed by atoms with E-state index in [1.54, 1.807) is 56.0 Å². The van der Waals surface area contributed by atoms with Crippen LogP contribution in [0.4, 0.5) is 4.79 Å². The SMILES string of the molecule is CC(C)(C)OC(=O)N[C@@H]1CCCCC/C=C\[C@H]2C[C@@]2(C(=O)O)NC(=O)[C@@H]2[C@H]3CN(C(=O)c4cccc(-c5cccc(Cl)c5)n4)C[C@H]3CN2C1=O. The van der Waals surface area contributed by atoms with Crippen molar-refractivity contribution in [3.05, 3.63) is 65.3 Å². The van der Waals surface area contributed by atoms with Crippen molar-refractivity contribution in [3.8, 4) is 11.3 Å². The highest BCUT2D eigenvalue weighted by Crippen LogP contribution is 2.46. The number of carboxylic acids is 1. The summed E-state index contributed by atoms with van der Waals surface area (Å²) in [5.74, 6) is -3.53. The number of fused-ring (bicyclic) bond motifs is 4. The fourth-order valence-electron chi connectivity index (χ4n) is 7.51. The lowest BCUT2D eigenvalue weighted by molar-refractivity contribution is -0.146. The number of hydrogen-bond acceptors (Lipinski definition) is 7. The molecule has 1 aromatic heterocycles. The number of carbonyl (C=O) groups is 5. The molecule has 6 atom stereocenters. The third kappa shape index (κ3) is 7.50. The Hall–Kier alpha value is -4.45. The van der Waals surface area contributed by atoms with Crippen molar-refractivity contribution in [1.82, 2.24) is 25.4 Å². The number of rotatable bonds is 4. The molecule has 1 saturated carbocycles. The van der Waals surface area contributed by atoms with E-state index in [2.05, 4.69) is 15.6 Å². The van der Waals surface area contributed by atoms with Crippen LogP contribution in [0.25, 0.3) is 11.3 Å². The molecular weight excluding hydrogens is 662 g/mol. The van der Waals surface area contributed by atoms with Gasteiger partial charge in [0.2, 0.25) is 11.8 Å². The monoisotopic (exact) mass is 705 g/mol. The van der Waals surface area contributed by atoms with Crippen molar-refractivity contribution in [2.24, 2.45) is 17.8 Å². The third-order valence-corrected chi connectivity index (χ3v) is 10.3. The summed E-state index contributed by atoms with van der Waals surface area (Å²) in [6.45, 7) is 5.82. The standard InChI is InChI=1S/C37H44ClN5O7/c1-36(2,3)50-35(49)40-29-14-8-6-4-5-7-12-24-18-37(24,34(47)48)41-31(44)30-26-21-42(19-23(26)20-43(30)33(29)46)32(45)28-16-10-15-27(39-28)22-11-9-13-25(38)17-22/h7,9-13,15-17,23-24,26,29-30H,4-6,8,14,18-21H2,1-3H3,(H,40,49)(H,41,44)(H,47,48)/b12-7-/t23-,24-,26-,29+,30-,37+/m0/s1. The van der Waals surface area contributed by atoms with Gasteiger partial charge in [-0.25, -0.2) is 14.6 Å². The van der Waals surface area contributed by atoms with Gasteiger partial charge in [0.1, 0.15) is 28.9 Å². The predicted octanol–water partition coefficient (Wildman–Crippen LogP) is 4.67. The van der Waals surface area contributed by atoms with Gasteiger partial charge in [-0.1, -0.05) is 54.8 Å². The molecular formula is C37H44ClN5O7. The number of halogens is 1. The minimum atomic E-state index is -1.46. The number of likely N-dealkylation sites (tertiary alicyclic amines) is 1. The highest BCUT2D eigenvalue weighted by molar-refractivity contribution is 6.30. The van der Waals surface area contributed by atoms with Gasteiger partial charge in [0.25, 0.3) is 5.91 Å². The summed E-state index contributed by atoms with van der Waals surface area (Å²) in [6, 6.07) is 10.4. The van der Waals surface area contributed by atoms with E-state index in [9.17, 15) is 29.1 Å². The Morgan fingerprint density at radius 1 is 1.06 bits per heavy atom. The molecule has 0 spiro atoms. The lowest BCUT2D eigenvalue weighted by Gasteiger charge is -2.33. The molecule has 0 radical (unpaired) electrons. The summed E-state index contributed by atoms with van der Waals surface area (Å²) in [4.78, 5) is 75.5. The summed E-state index contributed by atoms with van der Waals surface area (Å²) in [5.41, 5.74) is -0.654. The number of hydrogen-bond donors (Lipinski definition) is 3. The molecule has 1 aromatic carbocycles. The molecule has 3 N–H and O–H groups in total. The summed E-state index contributed by atoms with van der Waals surface area (Å²) in [7, 11) is 0. The van der Waals surface area contributed by atoms with Crippen LogP contribution in [0.3, 0.4) is 0 Å². The topological polar surface area (TPSA) is 158 Å². The summed E-state index contributed by atoms with van der Waals surface area (Å²) in [6.07, 6.45) is 6.71. The van der Waals surface area contributed by atoms with Gasteiger partial charge in [-0.3, -0.25) is 14.4 Å². The van der Waals surface area contributed by atoms with E-state index in [4.69, 9.17) is 16.3 Å². The van der Waals surface area contributed by atoms with Crippen molar-refractivity contribution in [2.45, 2.75) is 82.5 Å². The molecule has 4 amide bonds. The molecule has 2 saturated heterocycles. The van der Waals surface area contributed by atoms with E-state index < -0.39 is 53.0 Å². The number of pyridine rings is 1. The zero-order valence-electron chi connectivity index (χ0n) is 28.6. The maximum Gasteiger partial charge on any atom is 0.408 e. The molecule has 0 bridgehead atoms. The second-order valence-electron chi connectivity index (χ2n) is 14.8. The van der Waals surface area contributed by atoms with Gasteiger partial charge in [-0.2, -0.15) is 0 Å². The van der Waals surface area contributed by atoms with Crippen LogP contribution in [0.1, 0.15) is 69.8 Å². The van der Waals surface area contributed by atoms with Crippen LogP contribution in [-0.4, -0.2) is 92.5 Å². The van der Waals surface area contributed by atoms with Gasteiger partial charge >= 0.3 is 12.1 Å². The largest absolute Gasteiger partial charge is 0.479 e. The number of carboxylic acid groups (broad SMARTS) is 1. The number of benzene rings is 1. The molecule has 0 unspecified atom stereocenters. The first kappa shape index (κ1) is 35.4. The summed E-state index contributed by atoms with van der Waals surface area (Å²) < 4.78 is 5.47. The van der Waals surface area contributed by atoms with Crippen molar-refractivity contribution in [3.63, 3.8) is 0 Å². The molecule has 50 heavy (non-hydrogen) atoms. The molecule has 4 aliphatic rings. The first-order chi connectivity index (χ1) is 23.8. The quantitative estimate of drug-likeness (QED) is 0.387. The predicted molar refractivity (Wildman–Crippen MR) is 185 cm³/mol. The first-order valence-corrected chi connectivity index (χ1v) is 17.7. The number of nitrogens with one attached hydrogen (secondary N) is 2. The Balaban J connectivity index is 1.27. The second-order valence-corrected chi connectivity index (χ2v) is 15.3. The molecule has 266 valence electrons. The van der Waals surface area contributed by atoms with Crippen LogP contribution in [-0.2, 0) is 19.1 Å². The summed E-state index contributed by atoms with van der Waals surface area (Å²) in [5, 5.41) is 16.3. The molecule has 2 aromatic rings.